The normalized spacial score (nSPS) is 11.5. The third-order valence-electron chi connectivity index (χ3n) is 8.44. The standard InChI is InChI=1S/C41H47BrN2O5/c1-3-5-7-10-14-29-17-19-31(20-18-29)40(47)43-36-24-22-33(42)27-35(36)41(48)44-37(28-39(45)46)32-21-23-34(30-15-11-9-12-16-30)38(26-32)49-25-13-8-6-4-2/h9,11-12,15-24,26-27,37H,3-8,10,13-14,25,28H2,1-2H3,(H,43,47)(H,44,48)(H,45,46). The van der Waals surface area contributed by atoms with Gasteiger partial charge < -0.3 is 20.5 Å². The highest BCUT2D eigenvalue weighted by molar-refractivity contribution is 9.10. The lowest BCUT2D eigenvalue weighted by Gasteiger charge is -2.21. The maximum atomic E-state index is 13.8. The number of carboxylic acids is 1. The molecule has 0 saturated heterocycles. The summed E-state index contributed by atoms with van der Waals surface area (Å²) >= 11 is 3.44. The van der Waals surface area contributed by atoms with Gasteiger partial charge in [0.15, 0.2) is 0 Å². The number of halogens is 1. The van der Waals surface area contributed by atoms with Crippen molar-refractivity contribution < 1.29 is 24.2 Å². The van der Waals surface area contributed by atoms with Crippen LogP contribution >= 0.6 is 15.9 Å². The summed E-state index contributed by atoms with van der Waals surface area (Å²) < 4.78 is 6.91. The van der Waals surface area contributed by atoms with Gasteiger partial charge in [0.1, 0.15) is 5.75 Å². The molecule has 0 fully saturated rings. The number of anilines is 1. The maximum Gasteiger partial charge on any atom is 0.305 e. The molecule has 0 aliphatic heterocycles. The molecule has 8 heteroatoms. The van der Waals surface area contributed by atoms with Gasteiger partial charge >= 0.3 is 5.97 Å². The minimum Gasteiger partial charge on any atom is -0.493 e. The molecule has 0 aliphatic carbocycles. The van der Waals surface area contributed by atoms with Crippen LogP contribution in [0.15, 0.2) is 95.5 Å². The van der Waals surface area contributed by atoms with Crippen LogP contribution in [0.5, 0.6) is 5.75 Å². The van der Waals surface area contributed by atoms with Crippen molar-refractivity contribution in [2.45, 2.75) is 84.1 Å². The van der Waals surface area contributed by atoms with Crippen LogP contribution in [0.1, 0.15) is 110 Å². The second-order valence-electron chi connectivity index (χ2n) is 12.3. The smallest absolute Gasteiger partial charge is 0.305 e. The van der Waals surface area contributed by atoms with Gasteiger partial charge in [0, 0.05) is 15.6 Å². The molecule has 4 aromatic rings. The first-order valence-electron chi connectivity index (χ1n) is 17.3. The quantitative estimate of drug-likeness (QED) is 0.0834. The van der Waals surface area contributed by atoms with Crippen molar-refractivity contribution in [3.8, 4) is 16.9 Å². The van der Waals surface area contributed by atoms with Crippen molar-refractivity contribution in [3.05, 3.63) is 118 Å². The van der Waals surface area contributed by atoms with Gasteiger partial charge in [-0.2, -0.15) is 0 Å². The Kier molecular flexibility index (Phi) is 14.9. The van der Waals surface area contributed by atoms with Crippen LogP contribution in [0.2, 0.25) is 0 Å². The number of hydrogen-bond donors (Lipinski definition) is 3. The minimum absolute atomic E-state index is 0.207. The van der Waals surface area contributed by atoms with Gasteiger partial charge in [-0.25, -0.2) is 0 Å². The minimum atomic E-state index is -1.06. The van der Waals surface area contributed by atoms with E-state index in [0.29, 0.717) is 33.6 Å². The number of carbonyl (C=O) groups excluding carboxylic acids is 2. The number of carbonyl (C=O) groups is 3. The summed E-state index contributed by atoms with van der Waals surface area (Å²) in [5.41, 5.74) is 4.67. The molecule has 1 atom stereocenters. The van der Waals surface area contributed by atoms with Crippen LogP contribution in [0.3, 0.4) is 0 Å². The van der Waals surface area contributed by atoms with Crippen molar-refractivity contribution in [1.29, 1.82) is 0 Å². The summed E-state index contributed by atoms with van der Waals surface area (Å²) in [6.45, 7) is 4.88. The molecule has 2 amide bonds. The number of aliphatic carboxylic acids is 1. The van der Waals surface area contributed by atoms with Gasteiger partial charge in [0.25, 0.3) is 11.8 Å². The zero-order valence-corrected chi connectivity index (χ0v) is 30.1. The van der Waals surface area contributed by atoms with E-state index in [9.17, 15) is 19.5 Å². The number of unbranched alkanes of at least 4 members (excludes halogenated alkanes) is 6. The third-order valence-corrected chi connectivity index (χ3v) is 8.94. The SMILES string of the molecule is CCCCCCOc1cc(C(CC(=O)O)NC(=O)c2cc(Br)ccc2NC(=O)c2ccc(CCCCCC)cc2)ccc1-c1ccccc1. The van der Waals surface area contributed by atoms with Gasteiger partial charge in [-0.1, -0.05) is 123 Å². The fourth-order valence-corrected chi connectivity index (χ4v) is 6.05. The summed E-state index contributed by atoms with van der Waals surface area (Å²) in [4.78, 5) is 39.1. The fourth-order valence-electron chi connectivity index (χ4n) is 5.69. The first-order chi connectivity index (χ1) is 23.8. The Bertz CT molecular complexity index is 1670. The lowest BCUT2D eigenvalue weighted by molar-refractivity contribution is -0.137. The maximum absolute atomic E-state index is 13.8. The Balaban J connectivity index is 1.55. The predicted octanol–water partition coefficient (Wildman–Crippen LogP) is 10.4. The molecular weight excluding hydrogens is 680 g/mol. The number of hydrogen-bond acceptors (Lipinski definition) is 4. The van der Waals surface area contributed by atoms with Crippen molar-refractivity contribution in [2.75, 3.05) is 11.9 Å². The van der Waals surface area contributed by atoms with Crippen LogP contribution in [0.4, 0.5) is 5.69 Å². The first-order valence-corrected chi connectivity index (χ1v) is 18.1. The number of rotatable bonds is 19. The lowest BCUT2D eigenvalue weighted by Crippen LogP contribution is -2.31. The molecule has 4 aromatic carbocycles. The summed E-state index contributed by atoms with van der Waals surface area (Å²) in [5, 5.41) is 15.6. The van der Waals surface area contributed by atoms with E-state index in [1.54, 1.807) is 30.3 Å². The Labute approximate surface area is 298 Å². The van der Waals surface area contributed by atoms with Gasteiger partial charge in [-0.05, 0) is 72.4 Å². The Morgan fingerprint density at radius 3 is 2.18 bits per heavy atom. The predicted molar refractivity (Wildman–Crippen MR) is 200 cm³/mol. The van der Waals surface area contributed by atoms with Crippen molar-refractivity contribution in [1.82, 2.24) is 5.32 Å². The Hall–Kier alpha value is -4.43. The zero-order chi connectivity index (χ0) is 35.0. The van der Waals surface area contributed by atoms with E-state index in [4.69, 9.17) is 4.74 Å². The van der Waals surface area contributed by atoms with Gasteiger partial charge in [0.2, 0.25) is 0 Å². The summed E-state index contributed by atoms with van der Waals surface area (Å²) in [6.07, 6.45) is 9.56. The highest BCUT2D eigenvalue weighted by atomic mass is 79.9. The third kappa shape index (κ3) is 11.6. The van der Waals surface area contributed by atoms with Crippen LogP contribution in [0.25, 0.3) is 11.1 Å². The summed E-state index contributed by atoms with van der Waals surface area (Å²) in [5.74, 6) is -1.28. The number of benzene rings is 4. The molecule has 0 spiro atoms. The average Bonchev–Trinajstić information content (AvgIpc) is 3.11. The van der Waals surface area contributed by atoms with E-state index in [-0.39, 0.29) is 17.9 Å². The number of aryl methyl sites for hydroxylation is 1. The van der Waals surface area contributed by atoms with E-state index >= 15 is 0 Å². The van der Waals surface area contributed by atoms with E-state index in [2.05, 4.69) is 40.4 Å². The number of carboxylic acid groups (broad SMARTS) is 1. The molecule has 3 N–H and O–H groups in total. The summed E-state index contributed by atoms with van der Waals surface area (Å²) in [7, 11) is 0. The van der Waals surface area contributed by atoms with Gasteiger partial charge in [0.05, 0.1) is 30.3 Å². The van der Waals surface area contributed by atoms with Crippen molar-refractivity contribution >= 4 is 39.4 Å². The molecular formula is C41H47BrN2O5. The molecule has 0 bridgehead atoms. The molecule has 0 saturated carbocycles. The number of amides is 2. The molecule has 258 valence electrons. The van der Waals surface area contributed by atoms with Gasteiger partial charge in [-0.3, -0.25) is 14.4 Å². The monoisotopic (exact) mass is 726 g/mol. The Morgan fingerprint density at radius 1 is 0.776 bits per heavy atom. The molecule has 4 rings (SSSR count). The van der Waals surface area contributed by atoms with Crippen molar-refractivity contribution in [2.24, 2.45) is 0 Å². The van der Waals surface area contributed by atoms with Crippen LogP contribution < -0.4 is 15.4 Å². The molecule has 0 aliphatic rings. The molecule has 1 unspecified atom stereocenters. The van der Waals surface area contributed by atoms with Crippen LogP contribution in [-0.2, 0) is 11.2 Å². The fraction of sp³-hybridized carbons (Fsp3) is 0.341. The number of nitrogens with one attached hydrogen (secondary N) is 2. The average molecular weight is 728 g/mol. The first kappa shape index (κ1) is 37.4. The van der Waals surface area contributed by atoms with E-state index < -0.39 is 17.9 Å². The second-order valence-corrected chi connectivity index (χ2v) is 13.2. The zero-order valence-electron chi connectivity index (χ0n) is 28.5. The van der Waals surface area contributed by atoms with E-state index in [1.807, 2.05) is 60.7 Å². The topological polar surface area (TPSA) is 105 Å². The molecule has 49 heavy (non-hydrogen) atoms. The lowest BCUT2D eigenvalue weighted by atomic mass is 9.97. The number of ether oxygens (including phenoxy) is 1. The molecule has 7 nitrogen and oxygen atoms in total. The molecule has 0 aromatic heterocycles. The van der Waals surface area contributed by atoms with Crippen molar-refractivity contribution in [3.63, 3.8) is 0 Å². The second kappa shape index (κ2) is 19.5. The molecule has 0 heterocycles. The Morgan fingerprint density at radius 2 is 1.49 bits per heavy atom. The summed E-state index contributed by atoms with van der Waals surface area (Å²) in [6, 6.07) is 27.1. The van der Waals surface area contributed by atoms with E-state index in [0.717, 1.165) is 49.7 Å². The van der Waals surface area contributed by atoms with Gasteiger partial charge in [-0.15, -0.1) is 0 Å². The van der Waals surface area contributed by atoms with E-state index in [1.165, 1.54) is 24.8 Å². The highest BCUT2D eigenvalue weighted by Gasteiger charge is 2.23. The largest absolute Gasteiger partial charge is 0.493 e. The van der Waals surface area contributed by atoms with Crippen LogP contribution in [0, 0.1) is 0 Å². The molecule has 0 radical (unpaired) electrons. The van der Waals surface area contributed by atoms with Crippen LogP contribution in [-0.4, -0.2) is 29.5 Å². The highest BCUT2D eigenvalue weighted by Crippen LogP contribution is 2.34.